The van der Waals surface area contributed by atoms with Crippen LogP contribution < -0.4 is 9.47 Å². The zero-order valence-corrected chi connectivity index (χ0v) is 14.4. The second-order valence-corrected chi connectivity index (χ2v) is 6.35. The smallest absolute Gasteiger partial charge is 0.123 e. The van der Waals surface area contributed by atoms with Gasteiger partial charge in [-0.05, 0) is 61.3 Å². The summed E-state index contributed by atoms with van der Waals surface area (Å²) in [6.07, 6.45) is 1.57. The monoisotopic (exact) mass is 345 g/mol. The van der Waals surface area contributed by atoms with Crippen molar-refractivity contribution in [3.05, 3.63) is 59.9 Å². The molecule has 0 spiro atoms. The van der Waals surface area contributed by atoms with Gasteiger partial charge in [0.1, 0.15) is 30.0 Å². The fourth-order valence-electron chi connectivity index (χ4n) is 3.32. The van der Waals surface area contributed by atoms with Crippen LogP contribution in [0.1, 0.15) is 24.4 Å². The fraction of sp³-hybridized carbons (Fsp3) is 0.400. The maximum atomic E-state index is 12.9. The van der Waals surface area contributed by atoms with E-state index in [0.29, 0.717) is 12.3 Å². The Morgan fingerprint density at radius 2 is 2.00 bits per heavy atom. The van der Waals surface area contributed by atoms with E-state index in [2.05, 4.69) is 17.0 Å². The van der Waals surface area contributed by atoms with Gasteiger partial charge < -0.3 is 14.6 Å². The zero-order valence-electron chi connectivity index (χ0n) is 14.4. The molecule has 25 heavy (non-hydrogen) atoms. The van der Waals surface area contributed by atoms with Gasteiger partial charge >= 0.3 is 0 Å². The third-order valence-electron chi connectivity index (χ3n) is 4.54. The van der Waals surface area contributed by atoms with Crippen LogP contribution in [0, 0.1) is 5.82 Å². The quantitative estimate of drug-likeness (QED) is 0.835. The number of ether oxygens (including phenoxy) is 2. The van der Waals surface area contributed by atoms with Gasteiger partial charge in [-0.2, -0.15) is 0 Å². The molecule has 3 rings (SSSR count). The molecule has 0 aromatic heterocycles. The molecule has 5 heteroatoms. The molecular weight excluding hydrogens is 321 g/mol. The van der Waals surface area contributed by atoms with Crippen molar-refractivity contribution < 1.29 is 19.0 Å². The van der Waals surface area contributed by atoms with Crippen LogP contribution in [0.3, 0.4) is 0 Å². The van der Waals surface area contributed by atoms with E-state index >= 15 is 0 Å². The number of β-amino-alcohol motifs (C(OH)–C–C–N with tert-alkyl or cyclic N) is 1. The van der Waals surface area contributed by atoms with E-state index in [9.17, 15) is 9.50 Å². The summed E-state index contributed by atoms with van der Waals surface area (Å²) in [5, 5.41) is 10.3. The lowest BCUT2D eigenvalue weighted by Gasteiger charge is -2.27. The molecule has 1 N–H and O–H groups in total. The molecule has 0 bridgehead atoms. The second-order valence-electron chi connectivity index (χ2n) is 6.35. The standard InChI is InChI=1S/C20H24FNO3/c1-24-19-5-2-4-15(12-19)20-6-3-11-22(20)13-17(23)14-25-18-9-7-16(21)8-10-18/h2,4-5,7-10,12,17,20,23H,3,6,11,13-14H2,1H3. The Morgan fingerprint density at radius 3 is 2.76 bits per heavy atom. The van der Waals surface area contributed by atoms with Gasteiger partial charge in [0, 0.05) is 12.6 Å². The Kier molecular flexibility index (Phi) is 5.89. The minimum absolute atomic E-state index is 0.187. The van der Waals surface area contributed by atoms with Crippen LogP contribution in [0.15, 0.2) is 48.5 Å². The predicted octanol–water partition coefficient (Wildman–Crippen LogP) is 3.41. The molecule has 1 saturated heterocycles. The Bertz CT molecular complexity index is 677. The average molecular weight is 345 g/mol. The van der Waals surface area contributed by atoms with Crippen molar-refractivity contribution in [1.82, 2.24) is 4.90 Å². The van der Waals surface area contributed by atoms with Gasteiger partial charge in [-0.1, -0.05) is 12.1 Å². The summed E-state index contributed by atoms with van der Waals surface area (Å²) in [6.45, 7) is 1.69. The van der Waals surface area contributed by atoms with Gasteiger partial charge in [0.2, 0.25) is 0 Å². The number of hydrogen-bond acceptors (Lipinski definition) is 4. The first kappa shape index (κ1) is 17.7. The maximum absolute atomic E-state index is 12.9. The summed E-state index contributed by atoms with van der Waals surface area (Å²) in [5.74, 6) is 1.11. The molecule has 2 unspecified atom stereocenters. The molecule has 0 saturated carbocycles. The van der Waals surface area contributed by atoms with E-state index in [0.717, 1.165) is 25.1 Å². The third-order valence-corrected chi connectivity index (χ3v) is 4.54. The fourth-order valence-corrected chi connectivity index (χ4v) is 3.32. The number of methoxy groups -OCH3 is 1. The summed E-state index contributed by atoms with van der Waals surface area (Å²) in [4.78, 5) is 2.29. The van der Waals surface area contributed by atoms with Crippen molar-refractivity contribution in [3.8, 4) is 11.5 Å². The van der Waals surface area contributed by atoms with Gasteiger partial charge in [-0.25, -0.2) is 4.39 Å². The van der Waals surface area contributed by atoms with Crippen LogP contribution in [0.2, 0.25) is 0 Å². The van der Waals surface area contributed by atoms with E-state index in [-0.39, 0.29) is 18.5 Å². The molecule has 2 atom stereocenters. The Hall–Kier alpha value is -2.11. The number of rotatable bonds is 7. The van der Waals surface area contributed by atoms with Crippen molar-refractivity contribution in [3.63, 3.8) is 0 Å². The number of nitrogens with zero attached hydrogens (tertiary/aromatic N) is 1. The summed E-state index contributed by atoms with van der Waals surface area (Å²) < 4.78 is 23.8. The largest absolute Gasteiger partial charge is 0.497 e. The number of aliphatic hydroxyl groups excluding tert-OH is 1. The lowest BCUT2D eigenvalue weighted by molar-refractivity contribution is 0.0638. The molecule has 0 amide bonds. The maximum Gasteiger partial charge on any atom is 0.123 e. The summed E-state index contributed by atoms with van der Waals surface area (Å²) >= 11 is 0. The molecular formula is C20H24FNO3. The topological polar surface area (TPSA) is 41.9 Å². The Labute approximate surface area is 147 Å². The molecule has 134 valence electrons. The molecule has 1 heterocycles. The highest BCUT2D eigenvalue weighted by Gasteiger charge is 2.28. The Morgan fingerprint density at radius 1 is 1.20 bits per heavy atom. The first-order valence-electron chi connectivity index (χ1n) is 8.60. The van der Waals surface area contributed by atoms with Crippen LogP contribution in [-0.2, 0) is 0 Å². The van der Waals surface area contributed by atoms with Crippen molar-refractivity contribution in [2.45, 2.75) is 25.0 Å². The third kappa shape index (κ3) is 4.71. The van der Waals surface area contributed by atoms with Crippen LogP contribution in [0.4, 0.5) is 4.39 Å². The molecule has 2 aromatic rings. The predicted molar refractivity (Wildman–Crippen MR) is 94.4 cm³/mol. The minimum Gasteiger partial charge on any atom is -0.497 e. The lowest BCUT2D eigenvalue weighted by atomic mass is 10.0. The van der Waals surface area contributed by atoms with E-state index in [1.807, 2.05) is 12.1 Å². The van der Waals surface area contributed by atoms with Crippen LogP contribution in [0.25, 0.3) is 0 Å². The molecule has 4 nitrogen and oxygen atoms in total. The van der Waals surface area contributed by atoms with Crippen LogP contribution >= 0.6 is 0 Å². The number of likely N-dealkylation sites (tertiary alicyclic amines) is 1. The van der Waals surface area contributed by atoms with Gasteiger partial charge in [0.05, 0.1) is 7.11 Å². The normalized spacial score (nSPS) is 18.9. The Balaban J connectivity index is 1.56. The van der Waals surface area contributed by atoms with Crippen molar-refractivity contribution in [2.75, 3.05) is 26.8 Å². The van der Waals surface area contributed by atoms with Gasteiger partial charge in [-0.3, -0.25) is 4.90 Å². The highest BCUT2D eigenvalue weighted by Crippen LogP contribution is 2.33. The zero-order chi connectivity index (χ0) is 17.6. The summed E-state index contributed by atoms with van der Waals surface area (Å²) in [7, 11) is 1.67. The first-order valence-corrected chi connectivity index (χ1v) is 8.60. The van der Waals surface area contributed by atoms with Crippen molar-refractivity contribution in [1.29, 1.82) is 0 Å². The molecule has 1 fully saturated rings. The van der Waals surface area contributed by atoms with Gasteiger partial charge in [-0.15, -0.1) is 0 Å². The number of hydrogen-bond donors (Lipinski definition) is 1. The van der Waals surface area contributed by atoms with Gasteiger partial charge in [0.25, 0.3) is 0 Å². The van der Waals surface area contributed by atoms with Crippen molar-refractivity contribution in [2.24, 2.45) is 0 Å². The van der Waals surface area contributed by atoms with E-state index in [1.54, 1.807) is 19.2 Å². The van der Waals surface area contributed by atoms with Gasteiger partial charge in [0.15, 0.2) is 0 Å². The first-order chi connectivity index (χ1) is 12.2. The van der Waals surface area contributed by atoms with Crippen molar-refractivity contribution >= 4 is 0 Å². The highest BCUT2D eigenvalue weighted by atomic mass is 19.1. The van der Waals surface area contributed by atoms with Crippen LogP contribution in [-0.4, -0.2) is 42.9 Å². The average Bonchev–Trinajstić information content (AvgIpc) is 3.09. The van der Waals surface area contributed by atoms with E-state index in [4.69, 9.17) is 9.47 Å². The molecule has 0 aliphatic carbocycles. The van der Waals surface area contributed by atoms with E-state index < -0.39 is 6.10 Å². The molecule has 1 aliphatic rings. The minimum atomic E-state index is -0.601. The van der Waals surface area contributed by atoms with Crippen LogP contribution in [0.5, 0.6) is 11.5 Å². The highest BCUT2D eigenvalue weighted by molar-refractivity contribution is 5.31. The summed E-state index contributed by atoms with van der Waals surface area (Å²) in [6, 6.07) is 14.2. The number of benzene rings is 2. The second kappa shape index (κ2) is 8.32. The molecule has 0 radical (unpaired) electrons. The van der Waals surface area contributed by atoms with E-state index in [1.165, 1.54) is 17.7 Å². The molecule has 1 aliphatic heterocycles. The number of aliphatic hydroxyl groups is 1. The molecule has 2 aromatic carbocycles. The SMILES string of the molecule is COc1cccc(C2CCCN2CC(O)COc2ccc(F)cc2)c1. The lowest BCUT2D eigenvalue weighted by Crippen LogP contribution is -2.35. The number of halogens is 1. The summed E-state index contributed by atoms with van der Waals surface area (Å²) in [5.41, 5.74) is 1.21.